The fourth-order valence-electron chi connectivity index (χ4n) is 2.42. The lowest BCUT2D eigenvalue weighted by molar-refractivity contribution is -0.385. The van der Waals surface area contributed by atoms with Gasteiger partial charge >= 0.3 is 5.69 Å². The van der Waals surface area contributed by atoms with E-state index in [9.17, 15) is 14.9 Å². The zero-order valence-electron chi connectivity index (χ0n) is 14.2. The molecule has 0 aliphatic rings. The third kappa shape index (κ3) is 5.01. The molecular formula is C18H20ClN3O3. The molecule has 7 heteroatoms. The number of hydrogen-bond acceptors (Lipinski definition) is 4. The number of nitrogens with zero attached hydrogens (tertiary/aromatic N) is 3. The van der Waals surface area contributed by atoms with Crippen LogP contribution in [-0.2, 0) is 6.54 Å². The van der Waals surface area contributed by atoms with E-state index in [1.165, 1.54) is 12.1 Å². The van der Waals surface area contributed by atoms with Crippen molar-refractivity contribution >= 4 is 23.2 Å². The van der Waals surface area contributed by atoms with E-state index in [-0.39, 0.29) is 16.3 Å². The zero-order chi connectivity index (χ0) is 18.4. The van der Waals surface area contributed by atoms with E-state index in [4.69, 9.17) is 11.6 Å². The first-order valence-electron chi connectivity index (χ1n) is 7.81. The molecular weight excluding hydrogens is 342 g/mol. The molecule has 0 N–H and O–H groups in total. The summed E-state index contributed by atoms with van der Waals surface area (Å²) in [5.41, 5.74) is 0.614. The lowest BCUT2D eigenvalue weighted by Gasteiger charge is -2.24. The molecule has 6 nitrogen and oxygen atoms in total. The van der Waals surface area contributed by atoms with Gasteiger partial charge in [0.2, 0.25) is 0 Å². The van der Waals surface area contributed by atoms with E-state index < -0.39 is 10.8 Å². The van der Waals surface area contributed by atoms with Crippen LogP contribution in [0.15, 0.2) is 48.5 Å². The molecule has 0 spiro atoms. The standard InChI is InChI=1S/C18H20ClN3O3/c1-20(2)11-12-21(13-14-7-4-3-5-8-14)18(23)15-9-6-10-16(19)17(15)22(24)25/h3-10H,11-13H2,1-2H3. The van der Waals surface area contributed by atoms with Gasteiger partial charge in [0.05, 0.1) is 4.92 Å². The highest BCUT2D eigenvalue weighted by Crippen LogP contribution is 2.29. The number of hydrogen-bond donors (Lipinski definition) is 0. The third-order valence-corrected chi connectivity index (χ3v) is 4.03. The minimum absolute atomic E-state index is 0.00665. The summed E-state index contributed by atoms with van der Waals surface area (Å²) in [4.78, 5) is 27.3. The second-order valence-corrected chi connectivity index (χ2v) is 6.32. The van der Waals surface area contributed by atoms with Gasteiger partial charge in [-0.05, 0) is 31.8 Å². The predicted molar refractivity (Wildman–Crippen MR) is 97.8 cm³/mol. The molecule has 0 radical (unpaired) electrons. The Labute approximate surface area is 151 Å². The Hall–Kier alpha value is -2.44. The van der Waals surface area contributed by atoms with Gasteiger partial charge in [-0.15, -0.1) is 0 Å². The van der Waals surface area contributed by atoms with Gasteiger partial charge in [-0.2, -0.15) is 0 Å². The summed E-state index contributed by atoms with van der Waals surface area (Å²) in [5, 5.41) is 11.3. The van der Waals surface area contributed by atoms with Crippen LogP contribution >= 0.6 is 11.6 Å². The highest BCUT2D eigenvalue weighted by atomic mass is 35.5. The molecule has 0 heterocycles. The highest BCUT2D eigenvalue weighted by Gasteiger charge is 2.27. The van der Waals surface area contributed by atoms with Crippen LogP contribution in [0.2, 0.25) is 5.02 Å². The van der Waals surface area contributed by atoms with E-state index in [0.717, 1.165) is 5.56 Å². The maximum absolute atomic E-state index is 13.0. The van der Waals surface area contributed by atoms with Gasteiger partial charge in [0, 0.05) is 19.6 Å². The number of para-hydroxylation sites is 1. The lowest BCUT2D eigenvalue weighted by atomic mass is 10.1. The van der Waals surface area contributed by atoms with Crippen molar-refractivity contribution in [3.8, 4) is 0 Å². The van der Waals surface area contributed by atoms with Gasteiger partial charge in [-0.1, -0.05) is 48.0 Å². The van der Waals surface area contributed by atoms with Crippen molar-refractivity contribution in [3.05, 3.63) is 74.8 Å². The van der Waals surface area contributed by atoms with Gasteiger partial charge in [-0.3, -0.25) is 14.9 Å². The lowest BCUT2D eigenvalue weighted by Crippen LogP contribution is -2.36. The molecule has 2 aromatic rings. The molecule has 0 unspecified atom stereocenters. The summed E-state index contributed by atoms with van der Waals surface area (Å²) in [7, 11) is 3.82. The van der Waals surface area contributed by atoms with Crippen LogP contribution in [0.25, 0.3) is 0 Å². The molecule has 0 saturated carbocycles. The van der Waals surface area contributed by atoms with Crippen LogP contribution < -0.4 is 0 Å². The van der Waals surface area contributed by atoms with E-state index in [0.29, 0.717) is 19.6 Å². The fraction of sp³-hybridized carbons (Fsp3) is 0.278. The zero-order valence-corrected chi connectivity index (χ0v) is 14.9. The van der Waals surface area contributed by atoms with E-state index in [1.807, 2.05) is 49.3 Å². The second-order valence-electron chi connectivity index (χ2n) is 5.91. The molecule has 0 saturated heterocycles. The number of halogens is 1. The highest BCUT2D eigenvalue weighted by molar-refractivity contribution is 6.33. The average molecular weight is 362 g/mol. The smallest absolute Gasteiger partial charge is 0.300 e. The first-order valence-corrected chi connectivity index (χ1v) is 8.18. The van der Waals surface area contributed by atoms with Gasteiger partial charge in [0.25, 0.3) is 5.91 Å². The molecule has 2 aromatic carbocycles. The van der Waals surface area contributed by atoms with Crippen molar-refractivity contribution in [3.63, 3.8) is 0 Å². The molecule has 0 aromatic heterocycles. The Bertz CT molecular complexity index is 750. The Morgan fingerprint density at radius 2 is 1.76 bits per heavy atom. The molecule has 0 bridgehead atoms. The molecule has 0 aliphatic heterocycles. The number of likely N-dealkylation sites (N-methyl/N-ethyl adjacent to an activating group) is 1. The topological polar surface area (TPSA) is 66.7 Å². The number of rotatable bonds is 7. The van der Waals surface area contributed by atoms with Crippen LogP contribution in [0, 0.1) is 10.1 Å². The van der Waals surface area contributed by atoms with E-state index >= 15 is 0 Å². The predicted octanol–water partition coefficient (Wildman–Crippen LogP) is 3.45. The normalized spacial score (nSPS) is 10.7. The third-order valence-electron chi connectivity index (χ3n) is 3.72. The molecule has 1 amide bonds. The monoisotopic (exact) mass is 361 g/mol. The summed E-state index contributed by atoms with van der Waals surface area (Å²) in [6, 6.07) is 13.9. The number of carbonyl (C=O) groups excluding carboxylic acids is 1. The largest absolute Gasteiger partial charge is 0.333 e. The minimum Gasteiger partial charge on any atom is -0.333 e. The van der Waals surface area contributed by atoms with Crippen molar-refractivity contribution in [1.82, 2.24) is 9.80 Å². The summed E-state index contributed by atoms with van der Waals surface area (Å²) >= 11 is 5.94. The first kappa shape index (κ1) is 18.9. The molecule has 0 fully saturated rings. The van der Waals surface area contributed by atoms with Crippen LogP contribution in [0.4, 0.5) is 5.69 Å². The van der Waals surface area contributed by atoms with Crippen molar-refractivity contribution < 1.29 is 9.72 Å². The number of carbonyl (C=O) groups is 1. The molecule has 132 valence electrons. The Morgan fingerprint density at radius 1 is 1.08 bits per heavy atom. The number of amides is 1. The molecule has 2 rings (SSSR count). The molecule has 0 atom stereocenters. The van der Waals surface area contributed by atoms with Crippen LogP contribution in [0.1, 0.15) is 15.9 Å². The number of nitro groups is 1. The fourth-order valence-corrected chi connectivity index (χ4v) is 2.66. The van der Waals surface area contributed by atoms with Crippen molar-refractivity contribution in [2.24, 2.45) is 0 Å². The maximum atomic E-state index is 13.0. The van der Waals surface area contributed by atoms with E-state index in [1.54, 1.807) is 11.0 Å². The number of benzene rings is 2. The van der Waals surface area contributed by atoms with Crippen LogP contribution in [0.3, 0.4) is 0 Å². The van der Waals surface area contributed by atoms with Crippen LogP contribution in [0.5, 0.6) is 0 Å². The summed E-state index contributed by atoms with van der Waals surface area (Å²) < 4.78 is 0. The average Bonchev–Trinajstić information content (AvgIpc) is 2.58. The summed E-state index contributed by atoms with van der Waals surface area (Å²) in [6.07, 6.45) is 0. The maximum Gasteiger partial charge on any atom is 0.300 e. The van der Waals surface area contributed by atoms with Gasteiger partial charge in [-0.25, -0.2) is 0 Å². The van der Waals surface area contributed by atoms with E-state index in [2.05, 4.69) is 0 Å². The molecule has 25 heavy (non-hydrogen) atoms. The van der Waals surface area contributed by atoms with Crippen molar-refractivity contribution in [2.75, 3.05) is 27.2 Å². The van der Waals surface area contributed by atoms with Crippen molar-refractivity contribution in [2.45, 2.75) is 6.54 Å². The van der Waals surface area contributed by atoms with Gasteiger partial charge in [0.15, 0.2) is 0 Å². The van der Waals surface area contributed by atoms with Crippen LogP contribution in [-0.4, -0.2) is 47.8 Å². The minimum atomic E-state index is -0.609. The molecule has 0 aliphatic carbocycles. The Morgan fingerprint density at radius 3 is 2.36 bits per heavy atom. The summed E-state index contributed by atoms with van der Waals surface area (Å²) in [6.45, 7) is 1.47. The van der Waals surface area contributed by atoms with Gasteiger partial charge in [0.1, 0.15) is 10.6 Å². The number of nitro benzene ring substituents is 1. The first-order chi connectivity index (χ1) is 11.9. The van der Waals surface area contributed by atoms with Crippen molar-refractivity contribution in [1.29, 1.82) is 0 Å². The Kier molecular flexibility index (Phi) is 6.50. The SMILES string of the molecule is CN(C)CCN(Cc1ccccc1)C(=O)c1cccc(Cl)c1[N+](=O)[O-]. The van der Waals surface area contributed by atoms with Gasteiger partial charge < -0.3 is 9.80 Å². The Balaban J connectivity index is 2.35. The second kappa shape index (κ2) is 8.60. The summed E-state index contributed by atoms with van der Waals surface area (Å²) in [5.74, 6) is -0.403. The quantitative estimate of drug-likeness (QED) is 0.559.